The van der Waals surface area contributed by atoms with Crippen molar-refractivity contribution in [2.24, 2.45) is 15.2 Å². The predicted octanol–water partition coefficient (Wildman–Crippen LogP) is 2.66. The number of azo groups is 1. The monoisotopic (exact) mass is 284 g/mol. The van der Waals surface area contributed by atoms with Gasteiger partial charge in [0, 0.05) is 5.70 Å². The van der Waals surface area contributed by atoms with Gasteiger partial charge in [0.25, 0.3) is 0 Å². The fourth-order valence-corrected chi connectivity index (χ4v) is 2.49. The standard InChI is InChI=1S/C15H16N4O2/c1-3-21-14(20)12-10(2)19-9-16-18-15(19)17-13(12)11-7-5-4-6-8-11/h4-8,13H,3,9H2,1-2H3. The van der Waals surface area contributed by atoms with Crippen molar-refractivity contribution in [3.05, 3.63) is 47.2 Å². The minimum Gasteiger partial charge on any atom is -0.463 e. The number of aliphatic imine (C=N–C) groups is 1. The maximum absolute atomic E-state index is 12.3. The van der Waals surface area contributed by atoms with Gasteiger partial charge in [-0.1, -0.05) is 30.3 Å². The van der Waals surface area contributed by atoms with Gasteiger partial charge >= 0.3 is 5.97 Å². The summed E-state index contributed by atoms with van der Waals surface area (Å²) < 4.78 is 5.20. The molecule has 1 unspecified atom stereocenters. The molecule has 0 fully saturated rings. The maximum Gasteiger partial charge on any atom is 0.338 e. The van der Waals surface area contributed by atoms with Gasteiger partial charge in [-0.3, -0.25) is 4.90 Å². The second-order valence-electron chi connectivity index (χ2n) is 4.77. The largest absolute Gasteiger partial charge is 0.463 e. The molecule has 0 aliphatic carbocycles. The number of carbonyl (C=O) groups excluding carboxylic acids is 1. The van der Waals surface area contributed by atoms with Crippen LogP contribution < -0.4 is 0 Å². The number of esters is 1. The molecule has 3 rings (SSSR count). The van der Waals surface area contributed by atoms with Crippen LogP contribution in [-0.4, -0.2) is 30.1 Å². The van der Waals surface area contributed by atoms with Crippen LogP contribution in [0.4, 0.5) is 0 Å². The van der Waals surface area contributed by atoms with E-state index in [2.05, 4.69) is 15.2 Å². The molecule has 2 heterocycles. The van der Waals surface area contributed by atoms with Gasteiger partial charge in [0.05, 0.1) is 12.2 Å². The van der Waals surface area contributed by atoms with Crippen LogP contribution in [0.15, 0.2) is 56.8 Å². The molecule has 6 nitrogen and oxygen atoms in total. The fraction of sp³-hybridized carbons (Fsp3) is 0.333. The summed E-state index contributed by atoms with van der Waals surface area (Å²) in [5.41, 5.74) is 2.30. The van der Waals surface area contributed by atoms with Gasteiger partial charge in [-0.05, 0) is 19.4 Å². The first-order valence-electron chi connectivity index (χ1n) is 6.88. The van der Waals surface area contributed by atoms with Gasteiger partial charge in [-0.15, -0.1) is 5.11 Å². The zero-order valence-corrected chi connectivity index (χ0v) is 12.0. The number of benzene rings is 1. The second-order valence-corrected chi connectivity index (χ2v) is 4.77. The van der Waals surface area contributed by atoms with E-state index >= 15 is 0 Å². The molecule has 2 aliphatic heterocycles. The van der Waals surface area contributed by atoms with Crippen molar-refractivity contribution < 1.29 is 9.53 Å². The number of guanidine groups is 1. The first kappa shape index (κ1) is 13.5. The number of carbonyl (C=O) groups is 1. The van der Waals surface area contributed by atoms with E-state index in [4.69, 9.17) is 4.74 Å². The van der Waals surface area contributed by atoms with Crippen LogP contribution >= 0.6 is 0 Å². The molecule has 0 saturated carbocycles. The smallest absolute Gasteiger partial charge is 0.338 e. The summed E-state index contributed by atoms with van der Waals surface area (Å²) in [6.07, 6.45) is 0. The summed E-state index contributed by atoms with van der Waals surface area (Å²) in [6.45, 7) is 4.41. The molecule has 6 heteroatoms. The number of hydrogen-bond donors (Lipinski definition) is 0. The Bertz CT molecular complexity index is 649. The molecular weight excluding hydrogens is 268 g/mol. The van der Waals surface area contributed by atoms with Crippen LogP contribution in [0.1, 0.15) is 25.5 Å². The van der Waals surface area contributed by atoms with E-state index in [0.29, 0.717) is 24.8 Å². The van der Waals surface area contributed by atoms with Crippen molar-refractivity contribution in [3.8, 4) is 0 Å². The molecule has 0 radical (unpaired) electrons. The highest BCUT2D eigenvalue weighted by atomic mass is 16.5. The quantitative estimate of drug-likeness (QED) is 0.801. The highest BCUT2D eigenvalue weighted by molar-refractivity contribution is 5.95. The Kier molecular flexibility index (Phi) is 3.51. The van der Waals surface area contributed by atoms with Gasteiger partial charge in [-0.25, -0.2) is 9.79 Å². The summed E-state index contributed by atoms with van der Waals surface area (Å²) in [5, 5.41) is 8.02. The summed E-state index contributed by atoms with van der Waals surface area (Å²) >= 11 is 0. The van der Waals surface area contributed by atoms with Crippen molar-refractivity contribution in [1.82, 2.24) is 4.90 Å². The first-order chi connectivity index (χ1) is 10.2. The molecule has 108 valence electrons. The normalized spacial score (nSPS) is 20.4. The van der Waals surface area contributed by atoms with E-state index in [1.165, 1.54) is 0 Å². The average molecular weight is 284 g/mol. The number of hydrogen-bond acceptors (Lipinski definition) is 6. The third-order valence-corrected chi connectivity index (χ3v) is 3.53. The molecule has 2 aliphatic rings. The van der Waals surface area contributed by atoms with Crippen molar-refractivity contribution in [1.29, 1.82) is 0 Å². The molecule has 0 spiro atoms. The van der Waals surface area contributed by atoms with Crippen molar-refractivity contribution in [2.45, 2.75) is 19.9 Å². The number of rotatable bonds is 3. The SMILES string of the molecule is CCOC(=O)C1=C(C)N2CN=NC2=NC1c1ccccc1. The first-order valence-corrected chi connectivity index (χ1v) is 6.88. The third-order valence-electron chi connectivity index (χ3n) is 3.53. The number of nitrogens with zero attached hydrogens (tertiary/aromatic N) is 4. The summed E-state index contributed by atoms with van der Waals surface area (Å²) in [4.78, 5) is 18.7. The Morgan fingerprint density at radius 2 is 2.14 bits per heavy atom. The van der Waals surface area contributed by atoms with Gasteiger partial charge in [0.1, 0.15) is 12.7 Å². The number of ether oxygens (including phenoxy) is 1. The molecule has 0 aromatic heterocycles. The van der Waals surface area contributed by atoms with Crippen molar-refractivity contribution in [2.75, 3.05) is 13.3 Å². The molecule has 1 aromatic carbocycles. The lowest BCUT2D eigenvalue weighted by atomic mass is 9.96. The van der Waals surface area contributed by atoms with Gasteiger partial charge in [0.15, 0.2) is 0 Å². The van der Waals surface area contributed by atoms with Gasteiger partial charge in [-0.2, -0.15) is 5.11 Å². The minimum atomic E-state index is -0.395. The average Bonchev–Trinajstić information content (AvgIpc) is 2.97. The summed E-state index contributed by atoms with van der Waals surface area (Å²) in [6, 6.07) is 9.29. The van der Waals surface area contributed by atoms with E-state index in [9.17, 15) is 4.79 Å². The second kappa shape index (κ2) is 5.47. The van der Waals surface area contributed by atoms with E-state index < -0.39 is 6.04 Å². The van der Waals surface area contributed by atoms with Crippen LogP contribution in [0.2, 0.25) is 0 Å². The molecule has 0 saturated heterocycles. The van der Waals surface area contributed by atoms with E-state index in [0.717, 1.165) is 11.3 Å². The minimum absolute atomic E-state index is 0.335. The van der Waals surface area contributed by atoms with E-state index in [-0.39, 0.29) is 5.97 Å². The molecule has 21 heavy (non-hydrogen) atoms. The molecule has 0 N–H and O–H groups in total. The lowest BCUT2D eigenvalue weighted by molar-refractivity contribution is -0.139. The van der Waals surface area contributed by atoms with Crippen molar-refractivity contribution in [3.63, 3.8) is 0 Å². The molecule has 1 aromatic rings. The van der Waals surface area contributed by atoms with E-state index in [1.54, 1.807) is 6.92 Å². The van der Waals surface area contributed by atoms with Crippen LogP contribution in [-0.2, 0) is 9.53 Å². The molecular formula is C15H16N4O2. The molecule has 1 atom stereocenters. The van der Waals surface area contributed by atoms with E-state index in [1.807, 2.05) is 42.2 Å². The highest BCUT2D eigenvalue weighted by Crippen LogP contribution is 2.35. The zero-order valence-electron chi connectivity index (χ0n) is 12.0. The zero-order chi connectivity index (χ0) is 14.8. The summed E-state index contributed by atoms with van der Waals surface area (Å²) in [5.74, 6) is 0.216. The third kappa shape index (κ3) is 2.33. The van der Waals surface area contributed by atoms with Crippen LogP contribution in [0.25, 0.3) is 0 Å². The number of allylic oxidation sites excluding steroid dienone is 1. The van der Waals surface area contributed by atoms with Crippen molar-refractivity contribution >= 4 is 11.9 Å². The lowest BCUT2D eigenvalue weighted by Crippen LogP contribution is -2.33. The molecule has 0 bridgehead atoms. The Balaban J connectivity index is 2.07. The maximum atomic E-state index is 12.3. The van der Waals surface area contributed by atoms with Crippen LogP contribution in [0.3, 0.4) is 0 Å². The lowest BCUT2D eigenvalue weighted by Gasteiger charge is -2.28. The van der Waals surface area contributed by atoms with Crippen LogP contribution in [0, 0.1) is 0 Å². The van der Waals surface area contributed by atoms with Gasteiger partial charge < -0.3 is 4.74 Å². The molecule has 0 amide bonds. The Labute approximate surface area is 122 Å². The van der Waals surface area contributed by atoms with Gasteiger partial charge in [0.2, 0.25) is 5.96 Å². The predicted molar refractivity (Wildman–Crippen MR) is 77.5 cm³/mol. The Morgan fingerprint density at radius 1 is 1.38 bits per heavy atom. The topological polar surface area (TPSA) is 66.6 Å². The van der Waals surface area contributed by atoms with Crippen LogP contribution in [0.5, 0.6) is 0 Å². The number of fused-ring (bicyclic) bond motifs is 1. The summed E-state index contributed by atoms with van der Waals surface area (Å²) in [7, 11) is 0. The Hall–Kier alpha value is -2.50. The Morgan fingerprint density at radius 3 is 2.86 bits per heavy atom. The highest BCUT2D eigenvalue weighted by Gasteiger charge is 2.35. The fourth-order valence-electron chi connectivity index (χ4n) is 2.49.